The van der Waals surface area contributed by atoms with Gasteiger partial charge in [-0.1, -0.05) is 20.8 Å². The van der Waals surface area contributed by atoms with Crippen LogP contribution in [0.5, 0.6) is 5.75 Å². The van der Waals surface area contributed by atoms with Gasteiger partial charge in [-0.3, -0.25) is 9.59 Å². The Bertz CT molecular complexity index is 662. The highest BCUT2D eigenvalue weighted by Gasteiger charge is 2.29. The standard InChI is InChI=1S/C21H32N2O3/c1-15(2)26-18-9-8-17(14-16(18)3)19(24)22-10-7-11-23(13-12-22)20(25)21(4,5)6/h8-9,14-15H,7,10-13H2,1-6H3. The number of ether oxygens (including phenoxy) is 1. The lowest BCUT2D eigenvalue weighted by molar-refractivity contribution is -0.139. The van der Waals surface area contributed by atoms with E-state index in [9.17, 15) is 9.59 Å². The quantitative estimate of drug-likeness (QED) is 0.829. The third-order valence-electron chi connectivity index (χ3n) is 4.50. The first kappa shape index (κ1) is 20.3. The molecule has 0 spiro atoms. The highest BCUT2D eigenvalue weighted by atomic mass is 16.5. The first-order valence-electron chi connectivity index (χ1n) is 9.45. The van der Waals surface area contributed by atoms with Crippen molar-refractivity contribution in [2.75, 3.05) is 26.2 Å². The van der Waals surface area contributed by atoms with Gasteiger partial charge in [-0.2, -0.15) is 0 Å². The minimum absolute atomic E-state index is 0.0225. The lowest BCUT2D eigenvalue weighted by Gasteiger charge is -2.28. The number of aryl methyl sites for hydroxylation is 1. The molecule has 0 radical (unpaired) electrons. The summed E-state index contributed by atoms with van der Waals surface area (Å²) in [6, 6.07) is 5.59. The molecule has 0 aliphatic carbocycles. The van der Waals surface area contributed by atoms with Crippen LogP contribution >= 0.6 is 0 Å². The van der Waals surface area contributed by atoms with Crippen LogP contribution in [0.25, 0.3) is 0 Å². The Morgan fingerprint density at radius 3 is 2.23 bits per heavy atom. The zero-order chi connectivity index (χ0) is 19.5. The molecule has 1 aliphatic rings. The Morgan fingerprint density at radius 1 is 1.04 bits per heavy atom. The highest BCUT2D eigenvalue weighted by Crippen LogP contribution is 2.22. The molecule has 2 rings (SSSR count). The highest BCUT2D eigenvalue weighted by molar-refractivity contribution is 5.94. The number of hydrogen-bond acceptors (Lipinski definition) is 3. The molecule has 0 saturated carbocycles. The van der Waals surface area contributed by atoms with Crippen LogP contribution in [0.15, 0.2) is 18.2 Å². The summed E-state index contributed by atoms with van der Waals surface area (Å²) < 4.78 is 5.75. The van der Waals surface area contributed by atoms with Gasteiger partial charge in [-0.05, 0) is 51.0 Å². The fourth-order valence-electron chi connectivity index (χ4n) is 3.15. The van der Waals surface area contributed by atoms with Gasteiger partial charge in [-0.15, -0.1) is 0 Å². The average Bonchev–Trinajstić information content (AvgIpc) is 2.80. The zero-order valence-corrected chi connectivity index (χ0v) is 17.0. The molecular weight excluding hydrogens is 328 g/mol. The van der Waals surface area contributed by atoms with Crippen molar-refractivity contribution in [3.63, 3.8) is 0 Å². The Morgan fingerprint density at radius 2 is 1.65 bits per heavy atom. The van der Waals surface area contributed by atoms with Crippen molar-refractivity contribution in [1.29, 1.82) is 0 Å². The van der Waals surface area contributed by atoms with Crippen molar-refractivity contribution in [2.45, 2.75) is 54.1 Å². The van der Waals surface area contributed by atoms with Crippen molar-refractivity contribution >= 4 is 11.8 Å². The van der Waals surface area contributed by atoms with Gasteiger partial charge in [0.2, 0.25) is 5.91 Å². The molecule has 144 valence electrons. The van der Waals surface area contributed by atoms with E-state index in [0.29, 0.717) is 31.7 Å². The monoisotopic (exact) mass is 360 g/mol. The number of rotatable bonds is 3. The zero-order valence-electron chi connectivity index (χ0n) is 17.0. The lowest BCUT2D eigenvalue weighted by Crippen LogP contribution is -2.42. The molecule has 2 amide bonds. The van der Waals surface area contributed by atoms with E-state index in [1.165, 1.54) is 0 Å². The predicted octanol–water partition coefficient (Wildman–Crippen LogP) is 3.50. The number of nitrogens with zero attached hydrogens (tertiary/aromatic N) is 2. The van der Waals surface area contributed by atoms with E-state index in [-0.39, 0.29) is 23.3 Å². The Kier molecular flexibility index (Phi) is 6.32. The topological polar surface area (TPSA) is 49.9 Å². The van der Waals surface area contributed by atoms with E-state index in [4.69, 9.17) is 4.74 Å². The maximum Gasteiger partial charge on any atom is 0.253 e. The van der Waals surface area contributed by atoms with Gasteiger partial charge < -0.3 is 14.5 Å². The van der Waals surface area contributed by atoms with Gasteiger partial charge in [-0.25, -0.2) is 0 Å². The molecular formula is C21H32N2O3. The summed E-state index contributed by atoms with van der Waals surface area (Å²) in [7, 11) is 0. The van der Waals surface area contributed by atoms with E-state index in [1.807, 2.05) is 69.5 Å². The summed E-state index contributed by atoms with van der Waals surface area (Å²) >= 11 is 0. The number of carbonyl (C=O) groups is 2. The molecule has 0 unspecified atom stereocenters. The first-order chi connectivity index (χ1) is 12.1. The lowest BCUT2D eigenvalue weighted by atomic mass is 9.94. The fraction of sp³-hybridized carbons (Fsp3) is 0.619. The van der Waals surface area contributed by atoms with Crippen molar-refractivity contribution < 1.29 is 14.3 Å². The second-order valence-electron chi connectivity index (χ2n) is 8.33. The van der Waals surface area contributed by atoms with Gasteiger partial charge in [0, 0.05) is 37.2 Å². The predicted molar refractivity (Wildman–Crippen MR) is 103 cm³/mol. The molecule has 5 heteroatoms. The fourth-order valence-corrected chi connectivity index (χ4v) is 3.15. The van der Waals surface area contributed by atoms with Crippen molar-refractivity contribution in [2.24, 2.45) is 5.41 Å². The molecule has 0 atom stereocenters. The van der Waals surface area contributed by atoms with E-state index in [2.05, 4.69) is 0 Å². The molecule has 1 aliphatic heterocycles. The molecule has 0 bridgehead atoms. The maximum absolute atomic E-state index is 12.9. The molecule has 26 heavy (non-hydrogen) atoms. The van der Waals surface area contributed by atoms with Gasteiger partial charge >= 0.3 is 0 Å². The number of carbonyl (C=O) groups excluding carboxylic acids is 2. The average molecular weight is 360 g/mol. The first-order valence-corrected chi connectivity index (χ1v) is 9.45. The maximum atomic E-state index is 12.9. The van der Waals surface area contributed by atoms with E-state index in [1.54, 1.807) is 0 Å². The van der Waals surface area contributed by atoms with Crippen LogP contribution in [0.2, 0.25) is 0 Å². The second kappa shape index (κ2) is 8.11. The third-order valence-corrected chi connectivity index (χ3v) is 4.50. The third kappa shape index (κ3) is 4.99. The Hall–Kier alpha value is -2.04. The summed E-state index contributed by atoms with van der Waals surface area (Å²) in [5.41, 5.74) is 1.25. The number of amides is 2. The van der Waals surface area contributed by atoms with Crippen LogP contribution in [-0.4, -0.2) is 53.9 Å². The van der Waals surface area contributed by atoms with Gasteiger partial charge in [0.15, 0.2) is 0 Å². The van der Waals surface area contributed by atoms with Crippen LogP contribution < -0.4 is 4.74 Å². The second-order valence-corrected chi connectivity index (χ2v) is 8.33. The molecule has 1 aromatic rings. The molecule has 1 saturated heterocycles. The van der Waals surface area contributed by atoms with Crippen LogP contribution in [0, 0.1) is 12.3 Å². The van der Waals surface area contributed by atoms with E-state index in [0.717, 1.165) is 17.7 Å². The summed E-state index contributed by atoms with van der Waals surface area (Å²) in [5.74, 6) is 0.987. The Labute approximate surface area is 157 Å². The minimum atomic E-state index is -0.386. The molecule has 0 N–H and O–H groups in total. The largest absolute Gasteiger partial charge is 0.491 e. The smallest absolute Gasteiger partial charge is 0.253 e. The summed E-state index contributed by atoms with van der Waals surface area (Å²) in [6.07, 6.45) is 0.911. The molecule has 1 heterocycles. The normalized spacial score (nSPS) is 15.8. The van der Waals surface area contributed by atoms with Crippen LogP contribution in [0.1, 0.15) is 57.0 Å². The van der Waals surface area contributed by atoms with Crippen LogP contribution in [0.3, 0.4) is 0 Å². The minimum Gasteiger partial charge on any atom is -0.491 e. The number of benzene rings is 1. The molecule has 5 nitrogen and oxygen atoms in total. The summed E-state index contributed by atoms with van der Waals surface area (Å²) in [6.45, 7) is 14.3. The van der Waals surface area contributed by atoms with Crippen molar-refractivity contribution in [1.82, 2.24) is 9.80 Å². The Balaban J connectivity index is 2.06. The molecule has 1 aromatic carbocycles. The van der Waals surface area contributed by atoms with Gasteiger partial charge in [0.25, 0.3) is 5.91 Å². The van der Waals surface area contributed by atoms with Gasteiger partial charge in [0.1, 0.15) is 5.75 Å². The molecule has 0 aromatic heterocycles. The van der Waals surface area contributed by atoms with Crippen LogP contribution in [-0.2, 0) is 4.79 Å². The van der Waals surface area contributed by atoms with E-state index >= 15 is 0 Å². The van der Waals surface area contributed by atoms with Crippen LogP contribution in [0.4, 0.5) is 0 Å². The number of hydrogen-bond donors (Lipinski definition) is 0. The van der Waals surface area contributed by atoms with E-state index < -0.39 is 0 Å². The van der Waals surface area contributed by atoms with Gasteiger partial charge in [0.05, 0.1) is 6.10 Å². The van der Waals surface area contributed by atoms with Crippen molar-refractivity contribution in [3.8, 4) is 5.75 Å². The molecule has 1 fully saturated rings. The summed E-state index contributed by atoms with van der Waals surface area (Å²) in [4.78, 5) is 29.1. The van der Waals surface area contributed by atoms with Crippen molar-refractivity contribution in [3.05, 3.63) is 29.3 Å². The SMILES string of the molecule is Cc1cc(C(=O)N2CCCN(C(=O)C(C)(C)C)CC2)ccc1OC(C)C. The summed E-state index contributed by atoms with van der Waals surface area (Å²) in [5, 5.41) is 0.